The van der Waals surface area contributed by atoms with Gasteiger partial charge in [0.15, 0.2) is 5.82 Å². The zero-order chi connectivity index (χ0) is 19.9. The van der Waals surface area contributed by atoms with Crippen LogP contribution in [0.3, 0.4) is 0 Å². The molecule has 28 heavy (non-hydrogen) atoms. The number of hydrogen-bond acceptors (Lipinski definition) is 6. The van der Waals surface area contributed by atoms with Crippen LogP contribution in [0.25, 0.3) is 0 Å². The average Bonchev–Trinajstić information content (AvgIpc) is 3.30. The monoisotopic (exact) mass is 406 g/mol. The molecule has 3 aromatic rings. The van der Waals surface area contributed by atoms with Crippen LogP contribution in [0.1, 0.15) is 22.1 Å². The van der Waals surface area contributed by atoms with Crippen LogP contribution < -0.4 is 10.6 Å². The van der Waals surface area contributed by atoms with E-state index < -0.39 is 5.91 Å². The van der Waals surface area contributed by atoms with E-state index in [-0.39, 0.29) is 49.5 Å². The minimum absolute atomic E-state index is 0.124. The van der Waals surface area contributed by atoms with Crippen LogP contribution >= 0.6 is 11.6 Å². The van der Waals surface area contributed by atoms with Crippen LogP contribution in [-0.4, -0.2) is 44.8 Å². The Morgan fingerprint density at radius 2 is 1.93 bits per heavy atom. The van der Waals surface area contributed by atoms with E-state index in [4.69, 9.17) is 16.1 Å². The minimum Gasteiger partial charge on any atom is -0.354 e. The lowest BCUT2D eigenvalue weighted by atomic mass is 10.1. The lowest BCUT2D eigenvalue weighted by Crippen LogP contribution is -2.35. The lowest BCUT2D eigenvalue weighted by molar-refractivity contribution is -0.120. The highest BCUT2D eigenvalue weighted by Gasteiger charge is 2.15. The molecule has 0 bridgehead atoms. The zero-order valence-electron chi connectivity index (χ0n) is 14.6. The summed E-state index contributed by atoms with van der Waals surface area (Å²) in [5.74, 6) is -1.06. The van der Waals surface area contributed by atoms with Gasteiger partial charge in [-0.15, -0.1) is 0 Å². The summed E-state index contributed by atoms with van der Waals surface area (Å²) in [5.41, 5.74) is 0.694. The molecule has 2 N–H and O–H groups in total. The molecule has 0 aliphatic carbocycles. The minimum atomic E-state index is -0.551. The van der Waals surface area contributed by atoms with Crippen molar-refractivity contribution in [3.05, 3.63) is 64.8 Å². The van der Waals surface area contributed by atoms with Gasteiger partial charge in [-0.2, -0.15) is 10.1 Å². The van der Waals surface area contributed by atoms with Crippen molar-refractivity contribution in [1.29, 1.82) is 0 Å². The quantitative estimate of drug-likeness (QED) is 0.543. The lowest BCUT2D eigenvalue weighted by Gasteiger charge is -2.06. The summed E-state index contributed by atoms with van der Waals surface area (Å²) in [6.45, 7) is 0.613. The molecule has 0 fully saturated rings. The predicted octanol–water partition coefficient (Wildman–Crippen LogP) is 1.20. The normalized spacial score (nSPS) is 10.6. The van der Waals surface area contributed by atoms with Gasteiger partial charge in [0.2, 0.25) is 5.91 Å². The van der Waals surface area contributed by atoms with Crippen molar-refractivity contribution < 1.29 is 18.5 Å². The highest BCUT2D eigenvalue weighted by molar-refractivity contribution is 6.30. The number of carbonyl (C=O) groups excluding carboxylic acids is 2. The van der Waals surface area contributed by atoms with Crippen LogP contribution in [0.15, 0.2) is 41.2 Å². The van der Waals surface area contributed by atoms with Gasteiger partial charge in [-0.05, 0) is 17.7 Å². The van der Waals surface area contributed by atoms with Crippen molar-refractivity contribution in [3.8, 4) is 0 Å². The molecule has 2 amide bonds. The fourth-order valence-corrected chi connectivity index (χ4v) is 2.44. The fraction of sp³-hybridized carbons (Fsp3) is 0.235. The van der Waals surface area contributed by atoms with Crippen LogP contribution in [0.2, 0.25) is 5.02 Å². The topological polar surface area (TPSA) is 115 Å². The van der Waals surface area contributed by atoms with E-state index in [0.717, 1.165) is 0 Å². The number of nitrogens with one attached hydrogen (secondary N) is 2. The second-order valence-corrected chi connectivity index (χ2v) is 6.22. The summed E-state index contributed by atoms with van der Waals surface area (Å²) in [4.78, 5) is 27.8. The number of rotatable bonds is 8. The van der Waals surface area contributed by atoms with Gasteiger partial charge in [0.1, 0.15) is 12.4 Å². The maximum absolute atomic E-state index is 12.8. The Morgan fingerprint density at radius 3 is 2.64 bits per heavy atom. The van der Waals surface area contributed by atoms with E-state index >= 15 is 0 Å². The summed E-state index contributed by atoms with van der Waals surface area (Å²) in [6, 6.07) is 5.67. The second-order valence-electron chi connectivity index (χ2n) is 5.78. The molecule has 2 aromatic heterocycles. The highest BCUT2D eigenvalue weighted by Crippen LogP contribution is 2.06. The number of hydrogen-bond donors (Lipinski definition) is 2. The largest absolute Gasteiger partial charge is 0.354 e. The van der Waals surface area contributed by atoms with Crippen molar-refractivity contribution in [2.45, 2.75) is 13.0 Å². The summed E-state index contributed by atoms with van der Waals surface area (Å²) in [5, 5.41) is 13.4. The van der Waals surface area contributed by atoms with Gasteiger partial charge in [0.05, 0.1) is 17.6 Å². The zero-order valence-corrected chi connectivity index (χ0v) is 15.3. The van der Waals surface area contributed by atoms with E-state index in [1.807, 2.05) is 0 Å². The number of nitrogens with zero attached hydrogens (tertiary/aromatic N) is 4. The molecule has 9 nitrogen and oxygen atoms in total. The molecule has 0 spiro atoms. The summed E-state index contributed by atoms with van der Waals surface area (Å²) >= 11 is 5.77. The Bertz CT molecular complexity index is 956. The highest BCUT2D eigenvalue weighted by atomic mass is 35.5. The third-order valence-electron chi connectivity index (χ3n) is 3.58. The molecule has 0 atom stereocenters. The summed E-state index contributed by atoms with van der Waals surface area (Å²) in [6.07, 6.45) is 3.19. The third-order valence-corrected chi connectivity index (χ3v) is 3.77. The Morgan fingerprint density at radius 1 is 1.18 bits per heavy atom. The molecule has 11 heteroatoms. The summed E-state index contributed by atoms with van der Waals surface area (Å²) < 4.78 is 19.2. The average molecular weight is 407 g/mol. The van der Waals surface area contributed by atoms with Crippen LogP contribution in [-0.2, 0) is 17.8 Å². The number of aromatic nitrogens is 4. The SMILES string of the molecule is O=C(Cc1ccc(F)cc1)NCCNC(=O)c1nc(Cn2cc(Cl)cn2)no1. The first kappa shape index (κ1) is 19.5. The summed E-state index contributed by atoms with van der Waals surface area (Å²) in [7, 11) is 0. The van der Waals surface area contributed by atoms with E-state index in [1.54, 1.807) is 18.3 Å². The van der Waals surface area contributed by atoms with Gasteiger partial charge in [-0.3, -0.25) is 14.3 Å². The van der Waals surface area contributed by atoms with E-state index in [1.165, 1.54) is 23.0 Å². The molecule has 0 aliphatic rings. The fourth-order valence-electron chi connectivity index (χ4n) is 2.28. The van der Waals surface area contributed by atoms with Crippen molar-refractivity contribution in [2.24, 2.45) is 0 Å². The van der Waals surface area contributed by atoms with Crippen LogP contribution in [0, 0.1) is 5.82 Å². The second kappa shape index (κ2) is 9.09. The molecule has 146 valence electrons. The van der Waals surface area contributed by atoms with E-state index in [0.29, 0.717) is 10.6 Å². The Hall–Kier alpha value is -3.27. The first-order valence-corrected chi connectivity index (χ1v) is 8.67. The molecular formula is C17H16ClFN6O3. The third kappa shape index (κ3) is 5.61. The smallest absolute Gasteiger partial charge is 0.316 e. The maximum Gasteiger partial charge on any atom is 0.316 e. The molecule has 0 saturated carbocycles. The van der Waals surface area contributed by atoms with Gasteiger partial charge >= 0.3 is 11.8 Å². The van der Waals surface area contributed by atoms with Crippen molar-refractivity contribution in [1.82, 2.24) is 30.6 Å². The van der Waals surface area contributed by atoms with Crippen molar-refractivity contribution in [2.75, 3.05) is 13.1 Å². The molecule has 1 aromatic carbocycles. The first-order chi connectivity index (χ1) is 13.5. The first-order valence-electron chi connectivity index (χ1n) is 8.29. The standard InChI is InChI=1S/C17H16ClFN6O3/c18-12-8-22-25(9-12)10-14-23-17(28-24-14)16(27)21-6-5-20-15(26)7-11-1-3-13(19)4-2-11/h1-4,8-9H,5-7,10H2,(H,20,26)(H,21,27). The Kier molecular flexibility index (Phi) is 6.33. The molecular weight excluding hydrogens is 391 g/mol. The van der Waals surface area contributed by atoms with Crippen LogP contribution in [0.5, 0.6) is 0 Å². The Balaban J connectivity index is 1.38. The van der Waals surface area contributed by atoms with Crippen LogP contribution in [0.4, 0.5) is 4.39 Å². The molecule has 3 rings (SSSR count). The van der Waals surface area contributed by atoms with Crippen molar-refractivity contribution in [3.63, 3.8) is 0 Å². The molecule has 0 saturated heterocycles. The van der Waals surface area contributed by atoms with Gasteiger partial charge in [-0.25, -0.2) is 4.39 Å². The van der Waals surface area contributed by atoms with Gasteiger partial charge in [0, 0.05) is 19.3 Å². The molecule has 2 heterocycles. The van der Waals surface area contributed by atoms with Crippen molar-refractivity contribution >= 4 is 23.4 Å². The number of carbonyl (C=O) groups is 2. The van der Waals surface area contributed by atoms with E-state index in [2.05, 4.69) is 25.9 Å². The number of halogens is 2. The molecule has 0 radical (unpaired) electrons. The number of amides is 2. The van der Waals surface area contributed by atoms with Gasteiger partial charge in [-0.1, -0.05) is 28.9 Å². The number of benzene rings is 1. The van der Waals surface area contributed by atoms with Gasteiger partial charge in [0.25, 0.3) is 0 Å². The van der Waals surface area contributed by atoms with Gasteiger partial charge < -0.3 is 15.2 Å². The molecule has 0 unspecified atom stereocenters. The molecule has 0 aliphatic heterocycles. The predicted molar refractivity (Wildman–Crippen MR) is 96.1 cm³/mol. The maximum atomic E-state index is 12.8. The Labute approximate surface area is 163 Å². The van der Waals surface area contributed by atoms with E-state index in [9.17, 15) is 14.0 Å².